The van der Waals surface area contributed by atoms with E-state index in [-0.39, 0.29) is 28.5 Å². The number of amides is 1. The molecule has 47 heavy (non-hydrogen) atoms. The minimum Gasteiger partial charge on any atom is -0.371 e. The first-order chi connectivity index (χ1) is 22.5. The van der Waals surface area contributed by atoms with Crippen LogP contribution in [-0.4, -0.2) is 74.8 Å². The van der Waals surface area contributed by atoms with Crippen molar-refractivity contribution in [3.63, 3.8) is 0 Å². The fourth-order valence-corrected chi connectivity index (χ4v) is 7.64. The number of nitrogens with zero attached hydrogens (tertiary/aromatic N) is 7. The molecule has 0 radical (unpaired) electrons. The number of aromatic nitrogens is 5. The zero-order chi connectivity index (χ0) is 33.3. The number of carbonyl (C=O) groups excluding carboxylic acids is 1. The normalized spacial score (nSPS) is 16.5. The lowest BCUT2D eigenvalue weighted by atomic mass is 9.93. The van der Waals surface area contributed by atoms with Crippen molar-refractivity contribution >= 4 is 50.8 Å². The average molecular weight is 655 g/mol. The first-order valence-corrected chi connectivity index (χ1v) is 16.2. The van der Waals surface area contributed by atoms with Crippen LogP contribution in [0, 0.1) is 19.7 Å². The first-order valence-electron chi connectivity index (χ1n) is 15.8. The van der Waals surface area contributed by atoms with Crippen LogP contribution in [0.4, 0.5) is 15.9 Å². The van der Waals surface area contributed by atoms with Gasteiger partial charge in [0.15, 0.2) is 5.82 Å². The lowest BCUT2D eigenvalue weighted by Crippen LogP contribution is -2.56. The van der Waals surface area contributed by atoms with Gasteiger partial charge in [0.1, 0.15) is 5.82 Å². The second-order valence-corrected chi connectivity index (χ2v) is 13.2. The molecule has 1 unspecified atom stereocenters. The minimum atomic E-state index is -0.541. The molecule has 3 aromatic heterocycles. The Kier molecular flexibility index (Phi) is 7.54. The molecule has 1 N–H and O–H groups in total. The molecule has 242 valence electrons. The molecular formula is C35H36ClFN8O2. The van der Waals surface area contributed by atoms with Gasteiger partial charge in [-0.05, 0) is 55.5 Å². The molecule has 1 amide bonds. The van der Waals surface area contributed by atoms with Crippen LogP contribution in [0.15, 0.2) is 48.0 Å². The van der Waals surface area contributed by atoms with E-state index < -0.39 is 11.5 Å². The summed E-state index contributed by atoms with van der Waals surface area (Å²) >= 11 is 7.48. The van der Waals surface area contributed by atoms with E-state index in [4.69, 9.17) is 16.6 Å². The third kappa shape index (κ3) is 4.70. The number of aromatic amines is 1. The quantitative estimate of drug-likeness (QED) is 0.241. The van der Waals surface area contributed by atoms with Gasteiger partial charge in [0.05, 0.1) is 44.7 Å². The number of nitrogens with one attached hydrogen (secondary N) is 1. The topological polar surface area (TPSA) is 103 Å². The average Bonchev–Trinajstić information content (AvgIpc) is 3.53. The van der Waals surface area contributed by atoms with Crippen molar-refractivity contribution in [2.45, 2.75) is 46.1 Å². The molecule has 5 heterocycles. The summed E-state index contributed by atoms with van der Waals surface area (Å²) in [4.78, 5) is 42.2. The molecule has 0 aliphatic carbocycles. The molecule has 12 heteroatoms. The van der Waals surface area contributed by atoms with E-state index in [1.165, 1.54) is 10.6 Å². The summed E-state index contributed by atoms with van der Waals surface area (Å²) in [6, 6.07) is 5.50. The molecule has 2 aromatic carbocycles. The van der Waals surface area contributed by atoms with Crippen LogP contribution >= 0.6 is 11.6 Å². The maximum Gasteiger partial charge on any atom is 0.354 e. The summed E-state index contributed by atoms with van der Waals surface area (Å²) in [5, 5.41) is 8.49. The van der Waals surface area contributed by atoms with Gasteiger partial charge in [-0.1, -0.05) is 38.1 Å². The Morgan fingerprint density at radius 3 is 2.66 bits per heavy atom. The number of rotatable bonds is 4. The zero-order valence-electron chi connectivity index (χ0n) is 27.1. The number of hydrogen-bond acceptors (Lipinski definition) is 7. The van der Waals surface area contributed by atoms with Gasteiger partial charge in [-0.25, -0.2) is 9.18 Å². The number of H-pyrrole nitrogens is 1. The highest BCUT2D eigenvalue weighted by Crippen LogP contribution is 2.49. The van der Waals surface area contributed by atoms with E-state index >= 15 is 4.39 Å². The molecule has 0 bridgehead atoms. The Bertz CT molecular complexity index is 2170. The van der Waals surface area contributed by atoms with Crippen molar-refractivity contribution < 1.29 is 9.18 Å². The highest BCUT2D eigenvalue weighted by Gasteiger charge is 2.37. The van der Waals surface area contributed by atoms with E-state index in [0.717, 1.165) is 22.0 Å². The van der Waals surface area contributed by atoms with Crippen LogP contribution in [-0.2, 0) is 4.79 Å². The zero-order valence-corrected chi connectivity index (χ0v) is 27.8. The Morgan fingerprint density at radius 2 is 1.91 bits per heavy atom. The second kappa shape index (κ2) is 11.5. The van der Waals surface area contributed by atoms with Crippen LogP contribution in [0.1, 0.15) is 43.0 Å². The van der Waals surface area contributed by atoms with E-state index in [0.29, 0.717) is 72.0 Å². The van der Waals surface area contributed by atoms with Gasteiger partial charge in [-0.3, -0.25) is 19.4 Å². The van der Waals surface area contributed by atoms with Crippen molar-refractivity contribution in [2.75, 3.05) is 43.0 Å². The molecule has 1 saturated heterocycles. The number of benzene rings is 2. The Morgan fingerprint density at radius 1 is 1.13 bits per heavy atom. The van der Waals surface area contributed by atoms with E-state index in [9.17, 15) is 9.59 Å². The fraction of sp³-hybridized carbons (Fsp3) is 0.343. The lowest BCUT2D eigenvalue weighted by Gasteiger charge is -2.44. The third-order valence-electron chi connectivity index (χ3n) is 9.60. The van der Waals surface area contributed by atoms with Gasteiger partial charge in [0.2, 0.25) is 5.91 Å². The first kappa shape index (κ1) is 30.9. The Labute approximate surface area is 276 Å². The molecule has 5 aromatic rings. The molecule has 7 rings (SSSR count). The minimum absolute atomic E-state index is 0.0342. The van der Waals surface area contributed by atoms with Crippen molar-refractivity contribution in [1.29, 1.82) is 0 Å². The van der Waals surface area contributed by atoms with Crippen LogP contribution in [0.25, 0.3) is 38.6 Å². The summed E-state index contributed by atoms with van der Waals surface area (Å²) < 4.78 is 19.1. The van der Waals surface area contributed by atoms with Gasteiger partial charge >= 0.3 is 5.69 Å². The molecule has 1 atom stereocenters. The number of anilines is 2. The summed E-state index contributed by atoms with van der Waals surface area (Å²) in [7, 11) is 1.85. The van der Waals surface area contributed by atoms with Gasteiger partial charge < -0.3 is 14.7 Å². The van der Waals surface area contributed by atoms with Gasteiger partial charge in [-0.15, -0.1) is 0 Å². The maximum atomic E-state index is 17.5. The summed E-state index contributed by atoms with van der Waals surface area (Å²) in [5.41, 5.74) is 4.58. The largest absolute Gasteiger partial charge is 0.371 e. The van der Waals surface area contributed by atoms with Crippen molar-refractivity contribution in [3.05, 3.63) is 81.4 Å². The number of hydrogen-bond donors (Lipinski definition) is 1. The Hall–Kier alpha value is -4.77. The number of aryl methyl sites for hydroxylation is 2. The predicted molar refractivity (Wildman–Crippen MR) is 185 cm³/mol. The molecule has 2 aliphatic rings. The predicted octanol–water partition coefficient (Wildman–Crippen LogP) is 5.90. The SMILES string of the molecule is C=CC(=O)N1CCN2c3nc(=O)n(-c4c(C)ccnc4C(C)C)c4c(Cl)c(-c5c(C)ccc6[nH]ncc56)c(F)c(c34)N(C)CCC2C1. The van der Waals surface area contributed by atoms with E-state index in [1.54, 1.807) is 17.3 Å². The van der Waals surface area contributed by atoms with Gasteiger partial charge in [0.25, 0.3) is 0 Å². The Balaban J connectivity index is 1.66. The number of halogens is 2. The summed E-state index contributed by atoms with van der Waals surface area (Å²) in [6.07, 6.45) is 5.33. The number of pyridine rings is 1. The number of carbonyl (C=O) groups is 1. The highest BCUT2D eigenvalue weighted by molar-refractivity contribution is 6.39. The summed E-state index contributed by atoms with van der Waals surface area (Å²) in [6.45, 7) is 13.3. The van der Waals surface area contributed by atoms with Crippen LogP contribution < -0.4 is 15.5 Å². The molecule has 0 spiro atoms. The van der Waals surface area contributed by atoms with E-state index in [1.807, 2.05) is 62.7 Å². The molecule has 2 aliphatic heterocycles. The van der Waals surface area contributed by atoms with Gasteiger partial charge in [0, 0.05) is 62.0 Å². The third-order valence-corrected chi connectivity index (χ3v) is 9.96. The molecule has 10 nitrogen and oxygen atoms in total. The van der Waals surface area contributed by atoms with E-state index in [2.05, 4.69) is 21.8 Å². The van der Waals surface area contributed by atoms with Crippen LogP contribution in [0.5, 0.6) is 0 Å². The monoisotopic (exact) mass is 654 g/mol. The second-order valence-electron chi connectivity index (χ2n) is 12.8. The van der Waals surface area contributed by atoms with Gasteiger partial charge in [-0.2, -0.15) is 10.1 Å². The molecule has 0 saturated carbocycles. The lowest BCUT2D eigenvalue weighted by molar-refractivity contribution is -0.126. The highest BCUT2D eigenvalue weighted by atomic mass is 35.5. The van der Waals surface area contributed by atoms with Crippen LogP contribution in [0.2, 0.25) is 5.02 Å². The number of fused-ring (bicyclic) bond motifs is 3. The standard InChI is InChI=1S/C35H36ClFN8O2/c1-7-24(46)43-14-15-44-21(17-43)11-13-42(6)33-27-32(28(36)26(29(33)37)25-19(4)8-9-23-22(25)16-39-41-23)45(35(47)40-34(27)44)31-20(5)10-12-38-30(31)18(2)3/h7-10,12,16,18,21H,1,11,13-15,17H2,2-6H3,(H,39,41). The fourth-order valence-electron chi connectivity index (χ4n) is 7.28. The van der Waals surface area contributed by atoms with Crippen molar-refractivity contribution in [3.8, 4) is 16.8 Å². The maximum absolute atomic E-state index is 17.5. The number of piperazine rings is 1. The molecular weight excluding hydrogens is 619 g/mol. The van der Waals surface area contributed by atoms with Crippen molar-refractivity contribution in [2.24, 2.45) is 0 Å². The smallest absolute Gasteiger partial charge is 0.354 e. The van der Waals surface area contributed by atoms with Crippen LogP contribution in [0.3, 0.4) is 0 Å². The van der Waals surface area contributed by atoms with Crippen molar-refractivity contribution in [1.82, 2.24) is 29.6 Å². The summed E-state index contributed by atoms with van der Waals surface area (Å²) in [5.74, 6) is -0.324. The molecule has 1 fully saturated rings.